The summed E-state index contributed by atoms with van der Waals surface area (Å²) >= 11 is 0. The van der Waals surface area contributed by atoms with Gasteiger partial charge in [0.1, 0.15) is 0 Å². The lowest BCUT2D eigenvalue weighted by molar-refractivity contribution is -0.255. The molecule has 0 aromatic heterocycles. The predicted molar refractivity (Wildman–Crippen MR) is 77.7 cm³/mol. The minimum atomic E-state index is -1.35. The lowest BCUT2D eigenvalue weighted by Gasteiger charge is -2.16. The Labute approximate surface area is 123 Å². The van der Waals surface area contributed by atoms with E-state index in [-0.39, 0.29) is 34.9 Å². The summed E-state index contributed by atoms with van der Waals surface area (Å²) in [5.41, 5.74) is 0.522. The quantitative estimate of drug-likeness (QED) is 0.852. The molecule has 0 heterocycles. The van der Waals surface area contributed by atoms with Crippen LogP contribution in [-0.4, -0.2) is 17.8 Å². The van der Waals surface area contributed by atoms with Gasteiger partial charge >= 0.3 is 0 Å². The molecule has 0 fully saturated rings. The number of rotatable bonds is 5. The zero-order valence-electron chi connectivity index (χ0n) is 12.5. The van der Waals surface area contributed by atoms with E-state index in [1.807, 2.05) is 0 Å². The first-order chi connectivity index (χ1) is 9.72. The minimum absolute atomic E-state index is 0.0726. The summed E-state index contributed by atoms with van der Waals surface area (Å²) in [5, 5.41) is 16.2. The van der Waals surface area contributed by atoms with Crippen molar-refractivity contribution < 1.29 is 19.5 Å². The number of carbonyl (C=O) groups excluding carboxylic acids is 3. The molecule has 21 heavy (non-hydrogen) atoms. The molecule has 2 amide bonds. The maximum absolute atomic E-state index is 11.8. The molecule has 1 rings (SSSR count). The minimum Gasteiger partial charge on any atom is -0.545 e. The van der Waals surface area contributed by atoms with Crippen LogP contribution in [0.5, 0.6) is 0 Å². The van der Waals surface area contributed by atoms with Crippen LogP contribution in [0.3, 0.4) is 0 Å². The molecule has 1 aromatic carbocycles. The number of hydrogen-bond donors (Lipinski definition) is 2. The first-order valence-electron chi connectivity index (χ1n) is 6.69. The highest BCUT2D eigenvalue weighted by atomic mass is 16.4. The number of nitrogens with one attached hydrogen (secondary N) is 2. The predicted octanol–water partition coefficient (Wildman–Crippen LogP) is 1.24. The van der Waals surface area contributed by atoms with Crippen LogP contribution in [0, 0.1) is 11.8 Å². The summed E-state index contributed by atoms with van der Waals surface area (Å²) in [6, 6.07) is 4.02. The summed E-state index contributed by atoms with van der Waals surface area (Å²) in [4.78, 5) is 34.4. The van der Waals surface area contributed by atoms with Crippen LogP contribution in [0.25, 0.3) is 0 Å². The van der Waals surface area contributed by atoms with E-state index in [1.54, 1.807) is 27.7 Å². The van der Waals surface area contributed by atoms with Gasteiger partial charge in [0.2, 0.25) is 11.8 Å². The summed E-state index contributed by atoms with van der Waals surface area (Å²) in [6.07, 6.45) is 0. The molecule has 0 aliphatic heterocycles. The van der Waals surface area contributed by atoms with Gasteiger partial charge in [0, 0.05) is 11.8 Å². The van der Waals surface area contributed by atoms with Crippen LogP contribution in [0.15, 0.2) is 18.2 Å². The maximum atomic E-state index is 11.8. The molecule has 1 aromatic rings. The Hall–Kier alpha value is -2.37. The van der Waals surface area contributed by atoms with Gasteiger partial charge in [-0.3, -0.25) is 9.59 Å². The Kier molecular flexibility index (Phi) is 5.46. The molecule has 114 valence electrons. The highest BCUT2D eigenvalue weighted by Gasteiger charge is 2.14. The molecule has 0 unspecified atom stereocenters. The lowest BCUT2D eigenvalue weighted by atomic mass is 10.1. The highest BCUT2D eigenvalue weighted by Crippen LogP contribution is 2.24. The molecule has 2 N–H and O–H groups in total. The fourth-order valence-corrected chi connectivity index (χ4v) is 1.44. The van der Waals surface area contributed by atoms with Crippen LogP contribution < -0.4 is 15.7 Å². The number of carboxylic acid groups (broad SMARTS) is 1. The smallest absolute Gasteiger partial charge is 0.226 e. The Bertz CT molecular complexity index is 565. The molecule has 0 saturated heterocycles. The van der Waals surface area contributed by atoms with Crippen molar-refractivity contribution in [3.8, 4) is 0 Å². The van der Waals surface area contributed by atoms with E-state index in [0.717, 1.165) is 0 Å². The van der Waals surface area contributed by atoms with Gasteiger partial charge in [-0.05, 0) is 17.7 Å². The Morgan fingerprint density at radius 3 is 1.81 bits per heavy atom. The first-order valence-corrected chi connectivity index (χ1v) is 6.69. The van der Waals surface area contributed by atoms with Crippen molar-refractivity contribution >= 4 is 29.2 Å². The van der Waals surface area contributed by atoms with Gasteiger partial charge in [-0.15, -0.1) is 0 Å². The van der Waals surface area contributed by atoms with Crippen molar-refractivity contribution in [3.63, 3.8) is 0 Å². The molecular formula is C15H19N2O4-. The molecule has 0 radical (unpaired) electrons. The average molecular weight is 291 g/mol. The summed E-state index contributed by atoms with van der Waals surface area (Å²) in [7, 11) is 0. The Morgan fingerprint density at radius 2 is 1.38 bits per heavy atom. The number of benzene rings is 1. The van der Waals surface area contributed by atoms with Crippen LogP contribution in [0.2, 0.25) is 0 Å². The van der Waals surface area contributed by atoms with E-state index in [1.165, 1.54) is 18.2 Å². The number of hydrogen-bond acceptors (Lipinski definition) is 4. The van der Waals surface area contributed by atoms with E-state index < -0.39 is 5.97 Å². The summed E-state index contributed by atoms with van der Waals surface area (Å²) in [6.45, 7) is 6.89. The van der Waals surface area contributed by atoms with Gasteiger partial charge in [-0.25, -0.2) is 0 Å². The number of anilines is 2. The van der Waals surface area contributed by atoms with Crippen molar-refractivity contribution in [2.45, 2.75) is 27.7 Å². The molecule has 6 nitrogen and oxygen atoms in total. The van der Waals surface area contributed by atoms with Crippen LogP contribution in [-0.2, 0) is 9.59 Å². The molecule has 0 aliphatic carbocycles. The largest absolute Gasteiger partial charge is 0.545 e. The summed E-state index contributed by atoms with van der Waals surface area (Å²) < 4.78 is 0. The van der Waals surface area contributed by atoms with Crippen LogP contribution in [0.4, 0.5) is 11.4 Å². The number of amides is 2. The third kappa shape index (κ3) is 4.59. The third-order valence-electron chi connectivity index (χ3n) is 2.82. The van der Waals surface area contributed by atoms with E-state index >= 15 is 0 Å². The molecule has 0 saturated carbocycles. The average Bonchev–Trinajstić information content (AvgIpc) is 2.39. The monoisotopic (exact) mass is 291 g/mol. The number of aromatic carboxylic acids is 1. The summed E-state index contributed by atoms with van der Waals surface area (Å²) in [5.74, 6) is -2.36. The van der Waals surface area contributed by atoms with Gasteiger partial charge in [0.05, 0.1) is 17.3 Å². The second-order valence-electron chi connectivity index (χ2n) is 5.34. The molecular weight excluding hydrogens is 272 g/mol. The Balaban J connectivity index is 3.13. The fourth-order valence-electron chi connectivity index (χ4n) is 1.44. The fraction of sp³-hybridized carbons (Fsp3) is 0.400. The standard InChI is InChI=1S/C15H20N2O4/c1-8(2)13(18)16-11-6-5-10(15(20)21)7-12(11)17-14(19)9(3)4/h5-9H,1-4H3,(H,16,18)(H,17,19)(H,20,21)/p-1. The third-order valence-corrected chi connectivity index (χ3v) is 2.82. The molecule has 6 heteroatoms. The number of carbonyl (C=O) groups is 3. The van der Waals surface area contributed by atoms with Crippen molar-refractivity contribution in [2.24, 2.45) is 11.8 Å². The highest BCUT2D eigenvalue weighted by molar-refractivity contribution is 6.02. The van der Waals surface area contributed by atoms with Crippen molar-refractivity contribution in [2.75, 3.05) is 10.6 Å². The topological polar surface area (TPSA) is 98.3 Å². The SMILES string of the molecule is CC(C)C(=O)Nc1ccc(C(=O)[O-])cc1NC(=O)C(C)C. The molecule has 0 bridgehead atoms. The van der Waals surface area contributed by atoms with Gasteiger partial charge in [-0.2, -0.15) is 0 Å². The lowest BCUT2D eigenvalue weighted by Crippen LogP contribution is -2.24. The zero-order valence-corrected chi connectivity index (χ0v) is 12.5. The molecule has 0 aliphatic rings. The number of carboxylic acids is 1. The van der Waals surface area contributed by atoms with Gasteiger partial charge in [0.25, 0.3) is 0 Å². The zero-order chi connectivity index (χ0) is 16.2. The van der Waals surface area contributed by atoms with Gasteiger partial charge < -0.3 is 20.5 Å². The second-order valence-corrected chi connectivity index (χ2v) is 5.34. The van der Waals surface area contributed by atoms with Crippen molar-refractivity contribution in [1.29, 1.82) is 0 Å². The van der Waals surface area contributed by atoms with E-state index in [4.69, 9.17) is 0 Å². The van der Waals surface area contributed by atoms with Crippen molar-refractivity contribution in [1.82, 2.24) is 0 Å². The molecule has 0 spiro atoms. The second kappa shape index (κ2) is 6.88. The van der Waals surface area contributed by atoms with Crippen LogP contribution >= 0.6 is 0 Å². The van der Waals surface area contributed by atoms with E-state index in [2.05, 4.69) is 10.6 Å². The Morgan fingerprint density at radius 1 is 0.905 bits per heavy atom. The van der Waals surface area contributed by atoms with E-state index in [9.17, 15) is 19.5 Å². The van der Waals surface area contributed by atoms with Gasteiger partial charge in [0.15, 0.2) is 0 Å². The van der Waals surface area contributed by atoms with E-state index in [0.29, 0.717) is 5.69 Å². The van der Waals surface area contributed by atoms with Crippen molar-refractivity contribution in [3.05, 3.63) is 23.8 Å². The maximum Gasteiger partial charge on any atom is 0.226 e. The first kappa shape index (κ1) is 16.7. The molecule has 0 atom stereocenters. The van der Waals surface area contributed by atoms with Gasteiger partial charge in [-0.1, -0.05) is 33.8 Å². The normalized spacial score (nSPS) is 10.6. The van der Waals surface area contributed by atoms with Crippen LogP contribution in [0.1, 0.15) is 38.1 Å².